The van der Waals surface area contributed by atoms with E-state index in [2.05, 4.69) is 5.32 Å². The summed E-state index contributed by atoms with van der Waals surface area (Å²) < 4.78 is 5.19. The number of carbonyl (C=O) groups excluding carboxylic acids is 1. The Kier molecular flexibility index (Phi) is 7.04. The fourth-order valence-electron chi connectivity index (χ4n) is 1.63. The predicted octanol–water partition coefficient (Wildman–Crippen LogP) is 2.40. The first-order valence-corrected chi connectivity index (χ1v) is 6.78. The van der Waals surface area contributed by atoms with Crippen molar-refractivity contribution in [2.45, 2.75) is 25.8 Å². The van der Waals surface area contributed by atoms with Crippen LogP contribution in [0.5, 0.6) is 0 Å². The van der Waals surface area contributed by atoms with Gasteiger partial charge in [-0.15, -0.1) is 0 Å². The Morgan fingerprint density at radius 3 is 2.65 bits per heavy atom. The van der Waals surface area contributed by atoms with Crippen LogP contribution < -0.4 is 5.32 Å². The van der Waals surface area contributed by atoms with Gasteiger partial charge in [-0.25, -0.2) is 4.79 Å². The number of hydrogen-bond acceptors (Lipinski definition) is 3. The Morgan fingerprint density at radius 1 is 1.35 bits per heavy atom. The van der Waals surface area contributed by atoms with E-state index in [0.29, 0.717) is 17.2 Å². The Hall–Kier alpha value is -1.59. The van der Waals surface area contributed by atoms with E-state index in [4.69, 9.17) is 16.3 Å². The molecule has 6 heteroatoms. The van der Waals surface area contributed by atoms with E-state index in [1.165, 1.54) is 0 Å². The minimum atomic E-state index is -1.15. The average Bonchev–Trinajstić information content (AvgIpc) is 2.42. The summed E-state index contributed by atoms with van der Waals surface area (Å²) in [6.45, 7) is 2.83. The van der Waals surface area contributed by atoms with Gasteiger partial charge in [0.25, 0.3) is 0 Å². The van der Waals surface area contributed by atoms with Crippen molar-refractivity contribution in [3.8, 4) is 0 Å². The number of aliphatic carboxylic acids is 1. The zero-order valence-corrected chi connectivity index (χ0v) is 12.0. The molecule has 0 heterocycles. The Morgan fingerprint density at radius 2 is 2.05 bits per heavy atom. The van der Waals surface area contributed by atoms with Crippen LogP contribution in [0.15, 0.2) is 24.3 Å². The number of rotatable bonds is 8. The third-order valence-corrected chi connectivity index (χ3v) is 2.93. The summed E-state index contributed by atoms with van der Waals surface area (Å²) in [6, 6.07) is 5.39. The number of nitrogens with one attached hydrogen (secondary N) is 1. The number of halogens is 1. The topological polar surface area (TPSA) is 75.6 Å². The highest BCUT2D eigenvalue weighted by Gasteiger charge is 2.23. The summed E-state index contributed by atoms with van der Waals surface area (Å²) in [4.78, 5) is 23.0. The standard InChI is InChI=1S/C14H18ClNO4/c1-2-8-20-9-7-12(17)16-13(14(18)19)10-5-3-4-6-11(10)15/h3-6,13H,2,7-9H2,1H3,(H,16,17)(H,18,19)/t13-/m1/s1. The van der Waals surface area contributed by atoms with Crippen LogP contribution in [0.2, 0.25) is 5.02 Å². The zero-order valence-electron chi connectivity index (χ0n) is 11.3. The quantitative estimate of drug-likeness (QED) is 0.723. The van der Waals surface area contributed by atoms with Crippen LogP contribution >= 0.6 is 11.6 Å². The fourth-order valence-corrected chi connectivity index (χ4v) is 1.87. The summed E-state index contributed by atoms with van der Waals surface area (Å²) in [5.41, 5.74) is 0.365. The van der Waals surface area contributed by atoms with Gasteiger partial charge >= 0.3 is 5.97 Å². The van der Waals surface area contributed by atoms with Crippen LogP contribution in [0.25, 0.3) is 0 Å². The number of carboxylic acid groups (broad SMARTS) is 1. The second-order valence-electron chi connectivity index (χ2n) is 4.22. The van der Waals surface area contributed by atoms with Crippen molar-refractivity contribution in [3.05, 3.63) is 34.9 Å². The molecule has 0 bridgehead atoms. The maximum Gasteiger partial charge on any atom is 0.330 e. The first kappa shape index (κ1) is 16.5. The minimum Gasteiger partial charge on any atom is -0.479 e. The van der Waals surface area contributed by atoms with Gasteiger partial charge in [-0.1, -0.05) is 36.7 Å². The van der Waals surface area contributed by atoms with E-state index in [9.17, 15) is 14.7 Å². The molecule has 0 radical (unpaired) electrons. The number of benzene rings is 1. The van der Waals surface area contributed by atoms with Gasteiger partial charge in [0.2, 0.25) is 5.91 Å². The Labute approximate surface area is 122 Å². The summed E-state index contributed by atoms with van der Waals surface area (Å²) in [5, 5.41) is 12.0. The molecule has 0 fully saturated rings. The van der Waals surface area contributed by atoms with E-state index in [1.54, 1.807) is 24.3 Å². The van der Waals surface area contributed by atoms with Gasteiger partial charge < -0.3 is 15.2 Å². The first-order valence-electron chi connectivity index (χ1n) is 6.40. The molecule has 1 amide bonds. The lowest BCUT2D eigenvalue weighted by Gasteiger charge is -2.16. The lowest BCUT2D eigenvalue weighted by molar-refractivity contribution is -0.142. The van der Waals surface area contributed by atoms with E-state index in [1.807, 2.05) is 6.92 Å². The third-order valence-electron chi connectivity index (χ3n) is 2.59. The highest BCUT2D eigenvalue weighted by molar-refractivity contribution is 6.31. The number of amides is 1. The number of carboxylic acids is 1. The number of ether oxygens (including phenoxy) is 1. The summed E-state index contributed by atoms with van der Waals surface area (Å²) in [7, 11) is 0. The second-order valence-corrected chi connectivity index (χ2v) is 4.63. The van der Waals surface area contributed by atoms with E-state index >= 15 is 0 Å². The smallest absolute Gasteiger partial charge is 0.330 e. The van der Waals surface area contributed by atoms with Crippen molar-refractivity contribution < 1.29 is 19.4 Å². The lowest BCUT2D eigenvalue weighted by Crippen LogP contribution is -2.34. The molecular formula is C14H18ClNO4. The van der Waals surface area contributed by atoms with Gasteiger partial charge in [-0.2, -0.15) is 0 Å². The summed E-state index contributed by atoms with van der Waals surface area (Å²) in [6.07, 6.45) is 0.993. The molecular weight excluding hydrogens is 282 g/mol. The largest absolute Gasteiger partial charge is 0.479 e. The molecule has 1 rings (SSSR count). The van der Waals surface area contributed by atoms with Gasteiger partial charge in [-0.05, 0) is 12.5 Å². The van der Waals surface area contributed by atoms with Crippen molar-refractivity contribution >= 4 is 23.5 Å². The molecule has 1 aromatic rings. The van der Waals surface area contributed by atoms with E-state index in [-0.39, 0.29) is 18.9 Å². The summed E-state index contributed by atoms with van der Waals surface area (Å²) in [5.74, 6) is -1.53. The minimum absolute atomic E-state index is 0.119. The summed E-state index contributed by atoms with van der Waals surface area (Å²) >= 11 is 5.95. The normalized spacial score (nSPS) is 11.9. The van der Waals surface area contributed by atoms with Crippen LogP contribution in [-0.2, 0) is 14.3 Å². The Bertz CT molecular complexity index is 464. The molecule has 0 aromatic heterocycles. The van der Waals surface area contributed by atoms with E-state index < -0.39 is 12.0 Å². The van der Waals surface area contributed by atoms with Gasteiger partial charge in [-0.3, -0.25) is 4.79 Å². The first-order chi connectivity index (χ1) is 9.56. The molecule has 0 spiro atoms. The second kappa shape index (κ2) is 8.55. The lowest BCUT2D eigenvalue weighted by atomic mass is 10.1. The molecule has 0 aliphatic carbocycles. The number of carbonyl (C=O) groups is 2. The molecule has 20 heavy (non-hydrogen) atoms. The highest BCUT2D eigenvalue weighted by atomic mass is 35.5. The molecule has 0 saturated heterocycles. The van der Waals surface area contributed by atoms with Crippen LogP contribution in [-0.4, -0.2) is 30.2 Å². The van der Waals surface area contributed by atoms with E-state index in [0.717, 1.165) is 6.42 Å². The van der Waals surface area contributed by atoms with Crippen LogP contribution in [0.3, 0.4) is 0 Å². The maximum absolute atomic E-state index is 11.7. The number of hydrogen-bond donors (Lipinski definition) is 2. The van der Waals surface area contributed by atoms with Crippen molar-refractivity contribution in [2.24, 2.45) is 0 Å². The molecule has 5 nitrogen and oxygen atoms in total. The molecule has 0 saturated carbocycles. The van der Waals surface area contributed by atoms with Gasteiger partial charge in [0.1, 0.15) is 0 Å². The van der Waals surface area contributed by atoms with Gasteiger partial charge in [0, 0.05) is 23.6 Å². The fraction of sp³-hybridized carbons (Fsp3) is 0.429. The van der Waals surface area contributed by atoms with Crippen LogP contribution in [0, 0.1) is 0 Å². The molecule has 0 unspecified atom stereocenters. The highest BCUT2D eigenvalue weighted by Crippen LogP contribution is 2.22. The predicted molar refractivity (Wildman–Crippen MR) is 75.7 cm³/mol. The maximum atomic E-state index is 11.7. The van der Waals surface area contributed by atoms with Crippen molar-refractivity contribution in [2.75, 3.05) is 13.2 Å². The third kappa shape index (κ3) is 5.19. The molecule has 110 valence electrons. The molecule has 1 atom stereocenters. The van der Waals surface area contributed by atoms with Gasteiger partial charge in [0.05, 0.1) is 6.61 Å². The van der Waals surface area contributed by atoms with Crippen molar-refractivity contribution in [1.82, 2.24) is 5.32 Å². The molecule has 0 aliphatic rings. The average molecular weight is 300 g/mol. The SMILES string of the molecule is CCCOCCC(=O)N[C@@H](C(=O)O)c1ccccc1Cl. The zero-order chi connectivity index (χ0) is 15.0. The molecule has 2 N–H and O–H groups in total. The van der Waals surface area contributed by atoms with Crippen LogP contribution in [0.1, 0.15) is 31.4 Å². The molecule has 1 aromatic carbocycles. The van der Waals surface area contributed by atoms with Crippen LogP contribution in [0.4, 0.5) is 0 Å². The van der Waals surface area contributed by atoms with Crippen molar-refractivity contribution in [3.63, 3.8) is 0 Å². The molecule has 0 aliphatic heterocycles. The monoisotopic (exact) mass is 299 g/mol. The van der Waals surface area contributed by atoms with Crippen molar-refractivity contribution in [1.29, 1.82) is 0 Å². The van der Waals surface area contributed by atoms with Gasteiger partial charge in [0.15, 0.2) is 6.04 Å². The Balaban J connectivity index is 2.62.